The molecule has 0 atom stereocenters. The third kappa shape index (κ3) is 3.88. The smallest absolute Gasteiger partial charge is 0.263 e. The van der Waals surface area contributed by atoms with Gasteiger partial charge in [-0.15, -0.1) is 10.2 Å². The van der Waals surface area contributed by atoms with Gasteiger partial charge in [0.05, 0.1) is 17.6 Å². The lowest BCUT2D eigenvalue weighted by Gasteiger charge is -2.30. The summed E-state index contributed by atoms with van der Waals surface area (Å²) < 4.78 is 33.3. The minimum Gasteiger partial charge on any atom is -0.496 e. The molecule has 0 spiro atoms. The van der Waals surface area contributed by atoms with Crippen LogP contribution in [0.25, 0.3) is 0 Å². The van der Waals surface area contributed by atoms with Crippen LogP contribution in [0.15, 0.2) is 47.4 Å². The molecule has 0 fully saturated rings. The van der Waals surface area contributed by atoms with Gasteiger partial charge >= 0.3 is 0 Å². The standard InChI is InChI=1S/C20H20N4O4S2/c1-13-21-22-20(29-13)23-30(26,27)15-9-10-17-14(12-15)6-5-11-24(17)19(25)16-7-3-4-8-18(16)28-2/h3-4,7-10,12H,5-6,11H2,1-2H3,(H,22,23). The van der Waals surface area contributed by atoms with Crippen LogP contribution in [0, 0.1) is 6.92 Å². The van der Waals surface area contributed by atoms with Crippen LogP contribution in [0.4, 0.5) is 10.8 Å². The van der Waals surface area contributed by atoms with Crippen LogP contribution in [-0.2, 0) is 16.4 Å². The Kier molecular flexibility index (Phi) is 5.44. The van der Waals surface area contributed by atoms with Gasteiger partial charge in [-0.05, 0) is 55.7 Å². The average molecular weight is 445 g/mol. The van der Waals surface area contributed by atoms with Gasteiger partial charge in [-0.1, -0.05) is 23.5 Å². The summed E-state index contributed by atoms with van der Waals surface area (Å²) in [6.45, 7) is 2.31. The number of methoxy groups -OCH3 is 1. The number of amides is 1. The molecule has 0 radical (unpaired) electrons. The zero-order valence-electron chi connectivity index (χ0n) is 16.5. The van der Waals surface area contributed by atoms with Crippen molar-refractivity contribution in [3.8, 4) is 5.75 Å². The van der Waals surface area contributed by atoms with E-state index in [1.54, 1.807) is 42.2 Å². The number of nitrogens with zero attached hydrogens (tertiary/aromatic N) is 3. The number of anilines is 2. The van der Waals surface area contributed by atoms with Crippen LogP contribution in [0.5, 0.6) is 5.75 Å². The molecule has 1 amide bonds. The highest BCUT2D eigenvalue weighted by Gasteiger charge is 2.27. The third-order valence-electron chi connectivity index (χ3n) is 4.81. The first-order chi connectivity index (χ1) is 14.4. The fraction of sp³-hybridized carbons (Fsp3) is 0.250. The van der Waals surface area contributed by atoms with Crippen LogP contribution in [0.3, 0.4) is 0 Å². The Bertz CT molecular complexity index is 1210. The molecule has 30 heavy (non-hydrogen) atoms. The van der Waals surface area contributed by atoms with E-state index in [0.29, 0.717) is 35.0 Å². The topological polar surface area (TPSA) is 101 Å². The first-order valence-corrected chi connectivity index (χ1v) is 11.6. The summed E-state index contributed by atoms with van der Waals surface area (Å²) in [6, 6.07) is 11.9. The van der Waals surface area contributed by atoms with Gasteiger partial charge in [0.1, 0.15) is 10.8 Å². The predicted octanol–water partition coefficient (Wildman–Crippen LogP) is 3.25. The van der Waals surface area contributed by atoms with E-state index in [2.05, 4.69) is 14.9 Å². The van der Waals surface area contributed by atoms with Crippen molar-refractivity contribution in [3.05, 3.63) is 58.6 Å². The largest absolute Gasteiger partial charge is 0.496 e. The van der Waals surface area contributed by atoms with Gasteiger partial charge in [-0.3, -0.25) is 9.52 Å². The molecule has 156 valence electrons. The van der Waals surface area contributed by atoms with Gasteiger partial charge in [-0.25, -0.2) is 8.42 Å². The lowest BCUT2D eigenvalue weighted by Crippen LogP contribution is -2.35. The highest BCUT2D eigenvalue weighted by Crippen LogP contribution is 2.32. The lowest BCUT2D eigenvalue weighted by molar-refractivity contribution is 0.0982. The molecular weight excluding hydrogens is 424 g/mol. The molecule has 0 bridgehead atoms. The zero-order valence-corrected chi connectivity index (χ0v) is 18.1. The molecule has 1 N–H and O–H groups in total. The van der Waals surface area contributed by atoms with Crippen LogP contribution in [0.2, 0.25) is 0 Å². The van der Waals surface area contributed by atoms with E-state index >= 15 is 0 Å². The second-order valence-corrected chi connectivity index (χ2v) is 9.65. The summed E-state index contributed by atoms with van der Waals surface area (Å²) >= 11 is 1.17. The number of aromatic nitrogens is 2. The molecule has 2 heterocycles. The molecule has 0 saturated heterocycles. The summed E-state index contributed by atoms with van der Waals surface area (Å²) in [4.78, 5) is 15.0. The van der Waals surface area contributed by atoms with E-state index < -0.39 is 10.0 Å². The van der Waals surface area contributed by atoms with Crippen molar-refractivity contribution in [3.63, 3.8) is 0 Å². The normalized spacial score (nSPS) is 13.6. The van der Waals surface area contributed by atoms with Gasteiger partial charge in [-0.2, -0.15) is 0 Å². The molecule has 3 aromatic rings. The van der Waals surface area contributed by atoms with Crippen LogP contribution in [0.1, 0.15) is 27.3 Å². The lowest BCUT2D eigenvalue weighted by atomic mass is 10.0. The van der Waals surface area contributed by atoms with E-state index in [4.69, 9.17) is 4.74 Å². The molecule has 4 rings (SSSR count). The van der Waals surface area contributed by atoms with Crippen molar-refractivity contribution in [2.75, 3.05) is 23.3 Å². The minimum atomic E-state index is -3.80. The number of nitrogens with one attached hydrogen (secondary N) is 1. The number of sulfonamides is 1. The Balaban J connectivity index is 1.65. The molecule has 2 aromatic carbocycles. The SMILES string of the molecule is COc1ccccc1C(=O)N1CCCc2cc(S(=O)(=O)Nc3nnc(C)s3)ccc21. The maximum Gasteiger partial charge on any atom is 0.263 e. The molecule has 1 aromatic heterocycles. The predicted molar refractivity (Wildman–Crippen MR) is 115 cm³/mol. The van der Waals surface area contributed by atoms with E-state index in [9.17, 15) is 13.2 Å². The van der Waals surface area contributed by atoms with E-state index in [-0.39, 0.29) is 15.9 Å². The fourth-order valence-corrected chi connectivity index (χ4v) is 5.30. The number of rotatable bonds is 5. The van der Waals surface area contributed by atoms with Crippen LogP contribution >= 0.6 is 11.3 Å². The summed E-state index contributed by atoms with van der Waals surface area (Å²) in [7, 11) is -2.27. The summed E-state index contributed by atoms with van der Waals surface area (Å²) in [5, 5.41) is 8.53. The highest BCUT2D eigenvalue weighted by atomic mass is 32.2. The monoisotopic (exact) mass is 444 g/mol. The Morgan fingerprint density at radius 1 is 1.20 bits per heavy atom. The average Bonchev–Trinajstić information content (AvgIpc) is 3.16. The van der Waals surface area contributed by atoms with Gasteiger partial charge in [0.2, 0.25) is 5.13 Å². The molecule has 0 saturated carbocycles. The second-order valence-electron chi connectivity index (χ2n) is 6.78. The number of carbonyl (C=O) groups is 1. The van der Waals surface area contributed by atoms with Crippen molar-refractivity contribution in [2.24, 2.45) is 0 Å². The zero-order chi connectivity index (χ0) is 21.3. The Morgan fingerprint density at radius 2 is 2.00 bits per heavy atom. The molecule has 0 aliphatic carbocycles. The van der Waals surface area contributed by atoms with E-state index in [1.165, 1.54) is 24.5 Å². The summed E-state index contributed by atoms with van der Waals surface area (Å²) in [5.74, 6) is 0.330. The molecule has 10 heteroatoms. The van der Waals surface area contributed by atoms with Crippen LogP contribution in [-0.4, -0.2) is 38.2 Å². The van der Waals surface area contributed by atoms with Crippen molar-refractivity contribution < 1.29 is 17.9 Å². The van der Waals surface area contributed by atoms with Crippen molar-refractivity contribution in [2.45, 2.75) is 24.7 Å². The number of aryl methyl sites for hydroxylation is 2. The molecular formula is C20H20N4O4S2. The summed E-state index contributed by atoms with van der Waals surface area (Å²) in [6.07, 6.45) is 1.42. The van der Waals surface area contributed by atoms with Gasteiger partial charge in [0.15, 0.2) is 0 Å². The van der Waals surface area contributed by atoms with Crippen molar-refractivity contribution in [1.82, 2.24) is 10.2 Å². The molecule has 0 unspecified atom stereocenters. The highest BCUT2D eigenvalue weighted by molar-refractivity contribution is 7.93. The minimum absolute atomic E-state index is 0.126. The molecule has 1 aliphatic heterocycles. The summed E-state index contributed by atoms with van der Waals surface area (Å²) in [5.41, 5.74) is 1.99. The number of hydrogen-bond donors (Lipinski definition) is 1. The fourth-order valence-electron chi connectivity index (χ4n) is 3.43. The maximum absolute atomic E-state index is 13.2. The number of fused-ring (bicyclic) bond motifs is 1. The van der Waals surface area contributed by atoms with Crippen LogP contribution < -0.4 is 14.4 Å². The Morgan fingerprint density at radius 3 is 2.73 bits per heavy atom. The second kappa shape index (κ2) is 8.04. The first kappa shape index (κ1) is 20.3. The van der Waals surface area contributed by atoms with Crippen molar-refractivity contribution >= 4 is 38.1 Å². The van der Waals surface area contributed by atoms with Gasteiger partial charge in [0, 0.05) is 12.2 Å². The van der Waals surface area contributed by atoms with Crippen molar-refractivity contribution in [1.29, 1.82) is 0 Å². The maximum atomic E-state index is 13.2. The Labute approximate surface area is 178 Å². The number of hydrogen-bond acceptors (Lipinski definition) is 7. The first-order valence-electron chi connectivity index (χ1n) is 9.30. The molecule has 8 nitrogen and oxygen atoms in total. The van der Waals surface area contributed by atoms with Gasteiger partial charge < -0.3 is 9.64 Å². The van der Waals surface area contributed by atoms with E-state index in [0.717, 1.165) is 12.0 Å². The van der Waals surface area contributed by atoms with Gasteiger partial charge in [0.25, 0.3) is 15.9 Å². The number of carbonyl (C=O) groups excluding carboxylic acids is 1. The quantitative estimate of drug-likeness (QED) is 0.648. The molecule has 1 aliphatic rings. The number of para-hydroxylation sites is 1. The third-order valence-corrected chi connectivity index (χ3v) is 7.03. The Hall–Kier alpha value is -2.98. The number of ether oxygens (including phenoxy) is 1. The van der Waals surface area contributed by atoms with E-state index in [1.807, 2.05) is 6.07 Å². The number of benzene rings is 2.